The summed E-state index contributed by atoms with van der Waals surface area (Å²) in [5, 5.41) is 0.237. The highest BCUT2D eigenvalue weighted by Gasteiger charge is 2.25. The number of nitrogens with zero attached hydrogens (tertiary/aromatic N) is 2. The summed E-state index contributed by atoms with van der Waals surface area (Å²) in [6.45, 7) is 4.45. The number of hydrogen-bond acceptors (Lipinski definition) is 7. The van der Waals surface area contributed by atoms with Crippen molar-refractivity contribution in [3.63, 3.8) is 0 Å². The third kappa shape index (κ3) is 6.04. The SMILES string of the molecule is CCOc1ccc(C2=NC(=Cc3cc(Cl)c(OCC(=O)N(C)C)c(OCC)c3)C(=O)O2)cc1. The summed E-state index contributed by atoms with van der Waals surface area (Å²) in [6.07, 6.45) is 1.55. The molecule has 0 bridgehead atoms. The van der Waals surface area contributed by atoms with E-state index in [0.29, 0.717) is 30.1 Å². The zero-order valence-electron chi connectivity index (χ0n) is 18.9. The number of hydrogen-bond donors (Lipinski definition) is 0. The van der Waals surface area contributed by atoms with Gasteiger partial charge in [0.05, 0.1) is 18.2 Å². The third-order valence-electron chi connectivity index (χ3n) is 4.51. The molecule has 0 aromatic heterocycles. The number of aliphatic imine (C=N–C) groups is 1. The quantitative estimate of drug-likeness (QED) is 0.405. The number of halogens is 1. The molecule has 0 atom stereocenters. The molecule has 2 aromatic carbocycles. The molecule has 0 saturated carbocycles. The van der Waals surface area contributed by atoms with Crippen LogP contribution in [0, 0.1) is 0 Å². The van der Waals surface area contributed by atoms with Crippen molar-refractivity contribution in [2.24, 2.45) is 4.99 Å². The van der Waals surface area contributed by atoms with Crippen LogP contribution in [-0.2, 0) is 14.3 Å². The first kappa shape index (κ1) is 24.1. The second-order valence-corrected chi connectivity index (χ2v) is 7.54. The molecule has 9 heteroatoms. The van der Waals surface area contributed by atoms with Crippen molar-refractivity contribution in [1.82, 2.24) is 4.90 Å². The van der Waals surface area contributed by atoms with Crippen molar-refractivity contribution in [1.29, 1.82) is 0 Å². The molecular formula is C24H25ClN2O6. The van der Waals surface area contributed by atoms with Gasteiger partial charge in [-0.05, 0) is 61.9 Å². The van der Waals surface area contributed by atoms with Gasteiger partial charge < -0.3 is 23.8 Å². The Kier molecular flexibility index (Phi) is 7.95. The molecule has 0 spiro atoms. The van der Waals surface area contributed by atoms with Gasteiger partial charge in [-0.25, -0.2) is 9.79 Å². The largest absolute Gasteiger partial charge is 0.494 e. The molecule has 2 aromatic rings. The molecule has 1 amide bonds. The lowest BCUT2D eigenvalue weighted by Crippen LogP contribution is -2.27. The topological polar surface area (TPSA) is 86.7 Å². The Morgan fingerprint density at radius 3 is 2.42 bits per heavy atom. The number of esters is 1. The van der Waals surface area contributed by atoms with Crippen LogP contribution in [0.3, 0.4) is 0 Å². The van der Waals surface area contributed by atoms with Gasteiger partial charge in [0, 0.05) is 19.7 Å². The zero-order chi connectivity index (χ0) is 24.0. The number of benzene rings is 2. The van der Waals surface area contributed by atoms with Crippen LogP contribution in [0.1, 0.15) is 25.0 Å². The van der Waals surface area contributed by atoms with Crippen LogP contribution in [0.2, 0.25) is 5.02 Å². The summed E-state index contributed by atoms with van der Waals surface area (Å²) >= 11 is 6.40. The summed E-state index contributed by atoms with van der Waals surface area (Å²) in [6, 6.07) is 10.4. The second kappa shape index (κ2) is 10.9. The highest BCUT2D eigenvalue weighted by Crippen LogP contribution is 2.37. The number of rotatable bonds is 9. The Morgan fingerprint density at radius 2 is 1.79 bits per heavy atom. The van der Waals surface area contributed by atoms with E-state index < -0.39 is 5.97 Å². The van der Waals surface area contributed by atoms with Crippen molar-refractivity contribution < 1.29 is 28.5 Å². The minimum atomic E-state index is -0.579. The average molecular weight is 473 g/mol. The van der Waals surface area contributed by atoms with Crippen LogP contribution in [0.5, 0.6) is 17.2 Å². The highest BCUT2D eigenvalue weighted by molar-refractivity contribution is 6.32. The molecule has 0 radical (unpaired) electrons. The summed E-state index contributed by atoms with van der Waals surface area (Å²) < 4.78 is 22.0. The number of ether oxygens (including phenoxy) is 4. The van der Waals surface area contributed by atoms with E-state index in [9.17, 15) is 9.59 Å². The van der Waals surface area contributed by atoms with Crippen molar-refractivity contribution in [3.05, 3.63) is 58.2 Å². The minimum Gasteiger partial charge on any atom is -0.494 e. The normalized spacial score (nSPS) is 14.0. The van der Waals surface area contributed by atoms with E-state index in [-0.39, 0.29) is 34.9 Å². The van der Waals surface area contributed by atoms with Gasteiger partial charge in [0.1, 0.15) is 5.75 Å². The number of carbonyl (C=O) groups excluding carboxylic acids is 2. The van der Waals surface area contributed by atoms with Crippen LogP contribution in [0.25, 0.3) is 6.08 Å². The van der Waals surface area contributed by atoms with Crippen molar-refractivity contribution >= 4 is 35.5 Å². The van der Waals surface area contributed by atoms with Crippen LogP contribution >= 0.6 is 11.6 Å². The molecule has 0 saturated heterocycles. The van der Waals surface area contributed by atoms with E-state index in [1.54, 1.807) is 56.6 Å². The average Bonchev–Trinajstić information content (AvgIpc) is 3.14. The van der Waals surface area contributed by atoms with E-state index in [4.69, 9.17) is 30.5 Å². The lowest BCUT2D eigenvalue weighted by molar-refractivity contribution is -0.131. The molecule has 0 fully saturated rings. The van der Waals surface area contributed by atoms with Gasteiger partial charge in [-0.15, -0.1) is 0 Å². The monoisotopic (exact) mass is 472 g/mol. The molecule has 174 valence electrons. The maximum Gasteiger partial charge on any atom is 0.363 e. The predicted molar refractivity (Wildman–Crippen MR) is 125 cm³/mol. The Labute approximate surface area is 197 Å². The van der Waals surface area contributed by atoms with Crippen molar-refractivity contribution in [2.75, 3.05) is 33.9 Å². The minimum absolute atomic E-state index is 0.119. The molecular weight excluding hydrogens is 448 g/mol. The summed E-state index contributed by atoms with van der Waals surface area (Å²) in [5.41, 5.74) is 1.34. The van der Waals surface area contributed by atoms with Gasteiger partial charge in [0.2, 0.25) is 5.90 Å². The first-order valence-corrected chi connectivity index (χ1v) is 10.7. The predicted octanol–water partition coefficient (Wildman–Crippen LogP) is 3.95. The Hall–Kier alpha value is -3.52. The van der Waals surface area contributed by atoms with Crippen LogP contribution in [0.15, 0.2) is 47.1 Å². The fourth-order valence-electron chi connectivity index (χ4n) is 2.89. The maximum absolute atomic E-state index is 12.4. The van der Waals surface area contributed by atoms with E-state index >= 15 is 0 Å². The van der Waals surface area contributed by atoms with Crippen LogP contribution in [-0.4, -0.2) is 56.6 Å². The summed E-state index contributed by atoms with van der Waals surface area (Å²) in [5.74, 6) is 0.727. The number of amides is 1. The summed E-state index contributed by atoms with van der Waals surface area (Å²) in [7, 11) is 3.27. The Bertz CT molecular complexity index is 1090. The van der Waals surface area contributed by atoms with Gasteiger partial charge in [-0.3, -0.25) is 4.79 Å². The lowest BCUT2D eigenvalue weighted by Gasteiger charge is -2.16. The van der Waals surface area contributed by atoms with Gasteiger partial charge >= 0.3 is 5.97 Å². The fraction of sp³-hybridized carbons (Fsp3) is 0.292. The third-order valence-corrected chi connectivity index (χ3v) is 4.79. The van der Waals surface area contributed by atoms with Gasteiger partial charge in [-0.2, -0.15) is 0 Å². The molecule has 0 aliphatic carbocycles. The Balaban J connectivity index is 1.86. The Morgan fingerprint density at radius 1 is 1.09 bits per heavy atom. The highest BCUT2D eigenvalue weighted by atomic mass is 35.5. The number of carbonyl (C=O) groups is 2. The van der Waals surface area contributed by atoms with E-state index in [0.717, 1.165) is 5.75 Å². The van der Waals surface area contributed by atoms with Crippen LogP contribution < -0.4 is 14.2 Å². The summed E-state index contributed by atoms with van der Waals surface area (Å²) in [4.78, 5) is 30.0. The fourth-order valence-corrected chi connectivity index (χ4v) is 3.16. The van der Waals surface area contributed by atoms with Crippen molar-refractivity contribution in [3.8, 4) is 17.2 Å². The number of likely N-dealkylation sites (N-methyl/N-ethyl adjacent to an activating group) is 1. The maximum atomic E-state index is 12.4. The van der Waals surface area contributed by atoms with Crippen molar-refractivity contribution in [2.45, 2.75) is 13.8 Å². The molecule has 33 heavy (non-hydrogen) atoms. The standard InChI is InChI=1S/C24H25ClN2O6/c1-5-30-17-9-7-16(8-10-17)23-26-19(24(29)33-23)12-15-11-18(25)22(20(13-15)31-6-2)32-14-21(28)27(3)4/h7-13H,5-6,14H2,1-4H3. The van der Waals surface area contributed by atoms with Gasteiger partial charge in [0.15, 0.2) is 23.8 Å². The van der Waals surface area contributed by atoms with E-state index in [1.807, 2.05) is 13.8 Å². The van der Waals surface area contributed by atoms with Gasteiger partial charge in [0.25, 0.3) is 5.91 Å². The second-order valence-electron chi connectivity index (χ2n) is 7.13. The van der Waals surface area contributed by atoms with Gasteiger partial charge in [-0.1, -0.05) is 11.6 Å². The molecule has 1 heterocycles. The molecule has 3 rings (SSSR count). The number of cyclic esters (lactones) is 1. The molecule has 8 nitrogen and oxygen atoms in total. The molecule has 0 N–H and O–H groups in total. The lowest BCUT2D eigenvalue weighted by atomic mass is 10.1. The molecule has 1 aliphatic heterocycles. The first-order chi connectivity index (χ1) is 15.8. The van der Waals surface area contributed by atoms with Crippen LogP contribution in [0.4, 0.5) is 0 Å². The smallest absolute Gasteiger partial charge is 0.363 e. The first-order valence-electron chi connectivity index (χ1n) is 10.4. The molecule has 0 unspecified atom stereocenters. The van der Waals surface area contributed by atoms with E-state index in [1.165, 1.54) is 4.90 Å². The van der Waals surface area contributed by atoms with E-state index in [2.05, 4.69) is 4.99 Å². The molecule has 1 aliphatic rings. The zero-order valence-corrected chi connectivity index (χ0v) is 19.6.